The fourth-order valence-corrected chi connectivity index (χ4v) is 2.87. The van der Waals surface area contributed by atoms with Gasteiger partial charge in [-0.3, -0.25) is 0 Å². The highest BCUT2D eigenvalue weighted by Crippen LogP contribution is 2.45. The van der Waals surface area contributed by atoms with Crippen LogP contribution in [0.3, 0.4) is 0 Å². The van der Waals surface area contributed by atoms with Crippen molar-refractivity contribution in [3.8, 4) is 0 Å². The summed E-state index contributed by atoms with van der Waals surface area (Å²) in [4.78, 5) is 0. The molecular formula is C10H19NO. The lowest BCUT2D eigenvalue weighted by molar-refractivity contribution is 0.0272. The van der Waals surface area contributed by atoms with E-state index in [1.54, 1.807) is 0 Å². The second kappa shape index (κ2) is 3.00. The van der Waals surface area contributed by atoms with Crippen molar-refractivity contribution in [3.05, 3.63) is 0 Å². The SMILES string of the molecule is CC1CC(O)CCC12CCNC2. The minimum absolute atomic E-state index is 0.0220. The highest BCUT2D eigenvalue weighted by molar-refractivity contribution is 4.95. The number of hydrogen-bond donors (Lipinski definition) is 2. The first-order valence-corrected chi connectivity index (χ1v) is 5.12. The van der Waals surface area contributed by atoms with E-state index in [1.165, 1.54) is 25.9 Å². The van der Waals surface area contributed by atoms with Gasteiger partial charge < -0.3 is 10.4 Å². The largest absolute Gasteiger partial charge is 0.393 e. The first kappa shape index (κ1) is 8.52. The zero-order valence-electron chi connectivity index (χ0n) is 7.84. The van der Waals surface area contributed by atoms with Crippen molar-refractivity contribution < 1.29 is 5.11 Å². The van der Waals surface area contributed by atoms with E-state index in [0.29, 0.717) is 11.3 Å². The van der Waals surface area contributed by atoms with Crippen molar-refractivity contribution in [1.82, 2.24) is 5.32 Å². The second-order valence-corrected chi connectivity index (χ2v) is 4.62. The molecule has 2 nitrogen and oxygen atoms in total. The molecule has 2 rings (SSSR count). The van der Waals surface area contributed by atoms with Gasteiger partial charge in [0.05, 0.1) is 6.10 Å². The van der Waals surface area contributed by atoms with Gasteiger partial charge in [-0.1, -0.05) is 6.92 Å². The van der Waals surface area contributed by atoms with Gasteiger partial charge in [-0.05, 0) is 43.6 Å². The van der Waals surface area contributed by atoms with E-state index >= 15 is 0 Å². The number of nitrogens with one attached hydrogen (secondary N) is 1. The summed E-state index contributed by atoms with van der Waals surface area (Å²) >= 11 is 0. The second-order valence-electron chi connectivity index (χ2n) is 4.62. The number of aliphatic hydroxyl groups is 1. The van der Waals surface area contributed by atoms with Crippen LogP contribution in [-0.2, 0) is 0 Å². The first-order chi connectivity index (χ1) is 5.73. The maximum Gasteiger partial charge on any atom is 0.0543 e. The topological polar surface area (TPSA) is 32.3 Å². The van der Waals surface area contributed by atoms with Crippen LogP contribution in [0.1, 0.15) is 32.6 Å². The van der Waals surface area contributed by atoms with Gasteiger partial charge in [-0.2, -0.15) is 0 Å². The van der Waals surface area contributed by atoms with Crippen molar-refractivity contribution in [2.24, 2.45) is 11.3 Å². The van der Waals surface area contributed by atoms with Crippen molar-refractivity contribution in [2.75, 3.05) is 13.1 Å². The summed E-state index contributed by atoms with van der Waals surface area (Å²) in [5.41, 5.74) is 0.541. The van der Waals surface area contributed by atoms with Crippen LogP contribution in [0.15, 0.2) is 0 Å². The van der Waals surface area contributed by atoms with Crippen LogP contribution in [-0.4, -0.2) is 24.3 Å². The molecule has 0 aromatic rings. The third kappa shape index (κ3) is 1.27. The molecule has 12 heavy (non-hydrogen) atoms. The molecule has 1 aliphatic heterocycles. The van der Waals surface area contributed by atoms with Crippen molar-refractivity contribution in [1.29, 1.82) is 0 Å². The molecule has 1 spiro atoms. The molecule has 2 fully saturated rings. The van der Waals surface area contributed by atoms with Crippen molar-refractivity contribution >= 4 is 0 Å². The van der Waals surface area contributed by atoms with E-state index in [4.69, 9.17) is 0 Å². The maximum absolute atomic E-state index is 9.50. The monoisotopic (exact) mass is 169 g/mol. The Bertz CT molecular complexity index is 163. The predicted molar refractivity (Wildman–Crippen MR) is 48.9 cm³/mol. The van der Waals surface area contributed by atoms with E-state index in [1.807, 2.05) is 0 Å². The van der Waals surface area contributed by atoms with Crippen LogP contribution < -0.4 is 5.32 Å². The third-order valence-corrected chi connectivity index (χ3v) is 3.92. The molecule has 2 aliphatic rings. The lowest BCUT2D eigenvalue weighted by Gasteiger charge is -2.41. The third-order valence-electron chi connectivity index (χ3n) is 3.92. The summed E-state index contributed by atoms with van der Waals surface area (Å²) in [6, 6.07) is 0. The Balaban J connectivity index is 2.05. The molecule has 0 aromatic carbocycles. The summed E-state index contributed by atoms with van der Waals surface area (Å²) in [5.74, 6) is 0.705. The summed E-state index contributed by atoms with van der Waals surface area (Å²) in [6.07, 6.45) is 4.56. The minimum Gasteiger partial charge on any atom is -0.393 e. The van der Waals surface area contributed by atoms with Gasteiger partial charge in [0.25, 0.3) is 0 Å². The average molecular weight is 169 g/mol. The summed E-state index contributed by atoms with van der Waals surface area (Å²) < 4.78 is 0. The predicted octanol–water partition coefficient (Wildman–Crippen LogP) is 1.15. The quantitative estimate of drug-likeness (QED) is 0.570. The van der Waals surface area contributed by atoms with E-state index in [0.717, 1.165) is 12.8 Å². The Morgan fingerprint density at radius 1 is 1.42 bits per heavy atom. The molecule has 1 saturated heterocycles. The summed E-state index contributed by atoms with van der Waals surface area (Å²) in [7, 11) is 0. The van der Waals surface area contributed by atoms with Crippen LogP contribution in [0.5, 0.6) is 0 Å². The van der Waals surface area contributed by atoms with Gasteiger partial charge in [0, 0.05) is 6.54 Å². The smallest absolute Gasteiger partial charge is 0.0543 e. The minimum atomic E-state index is -0.0220. The highest BCUT2D eigenvalue weighted by Gasteiger charge is 2.42. The molecule has 0 radical (unpaired) electrons. The lowest BCUT2D eigenvalue weighted by atomic mass is 9.66. The van der Waals surface area contributed by atoms with E-state index in [2.05, 4.69) is 12.2 Å². The molecule has 0 aromatic heterocycles. The Labute approximate surface area is 74.4 Å². The fraction of sp³-hybridized carbons (Fsp3) is 1.00. The molecule has 1 heterocycles. The van der Waals surface area contributed by atoms with E-state index in [9.17, 15) is 5.11 Å². The first-order valence-electron chi connectivity index (χ1n) is 5.12. The van der Waals surface area contributed by atoms with Crippen molar-refractivity contribution in [2.45, 2.75) is 38.7 Å². The molecule has 0 amide bonds. The van der Waals surface area contributed by atoms with E-state index in [-0.39, 0.29) is 6.10 Å². The molecular weight excluding hydrogens is 150 g/mol. The fourth-order valence-electron chi connectivity index (χ4n) is 2.87. The van der Waals surface area contributed by atoms with Crippen LogP contribution in [0.2, 0.25) is 0 Å². The van der Waals surface area contributed by atoms with Crippen LogP contribution in [0, 0.1) is 11.3 Å². The molecule has 70 valence electrons. The van der Waals surface area contributed by atoms with Gasteiger partial charge in [0.1, 0.15) is 0 Å². The highest BCUT2D eigenvalue weighted by atomic mass is 16.3. The molecule has 3 unspecified atom stereocenters. The van der Waals surface area contributed by atoms with Crippen molar-refractivity contribution in [3.63, 3.8) is 0 Å². The van der Waals surface area contributed by atoms with E-state index < -0.39 is 0 Å². The van der Waals surface area contributed by atoms with Gasteiger partial charge >= 0.3 is 0 Å². The Morgan fingerprint density at radius 3 is 2.83 bits per heavy atom. The summed E-state index contributed by atoms with van der Waals surface area (Å²) in [5, 5.41) is 12.9. The molecule has 2 heteroatoms. The van der Waals surface area contributed by atoms with Gasteiger partial charge in [-0.15, -0.1) is 0 Å². The van der Waals surface area contributed by atoms with Crippen LogP contribution in [0.25, 0.3) is 0 Å². The van der Waals surface area contributed by atoms with Crippen LogP contribution >= 0.6 is 0 Å². The van der Waals surface area contributed by atoms with Crippen LogP contribution in [0.4, 0.5) is 0 Å². The lowest BCUT2D eigenvalue weighted by Crippen LogP contribution is -2.38. The average Bonchev–Trinajstić information content (AvgIpc) is 2.48. The molecule has 1 aliphatic carbocycles. The maximum atomic E-state index is 9.50. The van der Waals surface area contributed by atoms with Gasteiger partial charge in [0.15, 0.2) is 0 Å². The van der Waals surface area contributed by atoms with Gasteiger partial charge in [0.2, 0.25) is 0 Å². The standard InChI is InChI=1S/C10H19NO/c1-8-6-9(12)2-3-10(8)4-5-11-7-10/h8-9,11-12H,2-7H2,1H3. The molecule has 3 atom stereocenters. The molecule has 1 saturated carbocycles. The Kier molecular flexibility index (Phi) is 2.13. The number of hydrogen-bond acceptors (Lipinski definition) is 2. The normalized spacial score (nSPS) is 48.5. The number of aliphatic hydroxyl groups excluding tert-OH is 1. The number of rotatable bonds is 0. The molecule has 2 N–H and O–H groups in total. The Morgan fingerprint density at radius 2 is 2.25 bits per heavy atom. The zero-order valence-corrected chi connectivity index (χ0v) is 7.84. The zero-order chi connectivity index (χ0) is 8.60. The summed E-state index contributed by atoms with van der Waals surface area (Å²) in [6.45, 7) is 4.66. The van der Waals surface area contributed by atoms with Gasteiger partial charge in [-0.25, -0.2) is 0 Å². The Hall–Kier alpha value is -0.0800. The molecule has 0 bridgehead atoms.